The first kappa shape index (κ1) is 13.5. The summed E-state index contributed by atoms with van der Waals surface area (Å²) in [7, 11) is 0. The van der Waals surface area contributed by atoms with Crippen molar-refractivity contribution >= 4 is 17.5 Å². The monoisotopic (exact) mass is 250 g/mol. The number of halogens is 1. The number of amides is 1. The molecule has 1 unspecified atom stereocenters. The molecule has 0 aromatic heterocycles. The number of carbonyl (C=O) groups is 1. The van der Waals surface area contributed by atoms with E-state index in [1.165, 1.54) is 0 Å². The van der Waals surface area contributed by atoms with Crippen molar-refractivity contribution in [3.63, 3.8) is 0 Å². The van der Waals surface area contributed by atoms with Gasteiger partial charge in [-0.25, -0.2) is 0 Å². The van der Waals surface area contributed by atoms with Crippen molar-refractivity contribution < 1.29 is 4.79 Å². The molecule has 0 heterocycles. The molecule has 0 saturated carbocycles. The maximum absolute atomic E-state index is 12.1. The Hall–Kier alpha value is -1.53. The summed E-state index contributed by atoms with van der Waals surface area (Å²) in [6.45, 7) is 4.72. The van der Waals surface area contributed by atoms with E-state index in [1.807, 2.05) is 6.92 Å². The third-order valence-corrected chi connectivity index (χ3v) is 2.69. The molecule has 0 fully saturated rings. The van der Waals surface area contributed by atoms with E-state index in [2.05, 4.69) is 6.07 Å². The van der Waals surface area contributed by atoms with Crippen molar-refractivity contribution in [2.45, 2.75) is 13.8 Å². The highest BCUT2D eigenvalue weighted by molar-refractivity contribution is 6.30. The summed E-state index contributed by atoms with van der Waals surface area (Å²) in [5.41, 5.74) is 0.560. The normalized spacial score (nSPS) is 11.6. The number of nitrogens with zero attached hydrogens (tertiary/aromatic N) is 2. The largest absolute Gasteiger partial charge is 0.338 e. The van der Waals surface area contributed by atoms with Crippen LogP contribution in [0.25, 0.3) is 0 Å². The van der Waals surface area contributed by atoms with Crippen molar-refractivity contribution in [2.24, 2.45) is 5.92 Å². The van der Waals surface area contributed by atoms with Crippen LogP contribution in [0.5, 0.6) is 0 Å². The molecule has 17 heavy (non-hydrogen) atoms. The molecule has 3 nitrogen and oxygen atoms in total. The molecule has 0 aliphatic rings. The van der Waals surface area contributed by atoms with Gasteiger partial charge in [0.2, 0.25) is 0 Å². The highest BCUT2D eigenvalue weighted by Crippen LogP contribution is 2.13. The van der Waals surface area contributed by atoms with Gasteiger partial charge in [0.15, 0.2) is 0 Å². The van der Waals surface area contributed by atoms with Crippen molar-refractivity contribution in [3.8, 4) is 6.07 Å². The Labute approximate surface area is 107 Å². The second-order valence-electron chi connectivity index (χ2n) is 3.88. The number of hydrogen-bond donors (Lipinski definition) is 0. The molecule has 1 rings (SSSR count). The number of rotatable bonds is 4. The molecule has 90 valence electrons. The van der Waals surface area contributed by atoms with Gasteiger partial charge in [-0.1, -0.05) is 17.7 Å². The number of carbonyl (C=O) groups excluding carboxylic acids is 1. The van der Waals surface area contributed by atoms with Crippen LogP contribution in [0.2, 0.25) is 5.02 Å². The summed E-state index contributed by atoms with van der Waals surface area (Å²) in [5, 5.41) is 9.31. The van der Waals surface area contributed by atoms with Crippen LogP contribution in [-0.4, -0.2) is 23.9 Å². The minimum absolute atomic E-state index is 0.0860. The van der Waals surface area contributed by atoms with E-state index >= 15 is 0 Å². The van der Waals surface area contributed by atoms with Crippen molar-refractivity contribution in [1.29, 1.82) is 5.26 Å². The van der Waals surface area contributed by atoms with Gasteiger partial charge >= 0.3 is 0 Å². The van der Waals surface area contributed by atoms with Gasteiger partial charge in [0.25, 0.3) is 5.91 Å². The van der Waals surface area contributed by atoms with E-state index in [0.29, 0.717) is 23.7 Å². The Kier molecular flexibility index (Phi) is 4.99. The Morgan fingerprint density at radius 1 is 1.59 bits per heavy atom. The van der Waals surface area contributed by atoms with Crippen LogP contribution < -0.4 is 0 Å². The lowest BCUT2D eigenvalue weighted by atomic mass is 10.1. The first-order chi connectivity index (χ1) is 8.08. The van der Waals surface area contributed by atoms with Crippen LogP contribution in [0, 0.1) is 17.2 Å². The summed E-state index contributed by atoms with van der Waals surface area (Å²) in [5.74, 6) is -0.254. The van der Waals surface area contributed by atoms with Gasteiger partial charge in [0, 0.05) is 23.7 Å². The second kappa shape index (κ2) is 6.27. The van der Waals surface area contributed by atoms with E-state index in [0.717, 1.165) is 0 Å². The average Bonchev–Trinajstić information content (AvgIpc) is 2.34. The van der Waals surface area contributed by atoms with Crippen molar-refractivity contribution in [3.05, 3.63) is 34.9 Å². The maximum atomic E-state index is 12.1. The third kappa shape index (κ3) is 3.76. The fourth-order valence-corrected chi connectivity index (χ4v) is 1.72. The van der Waals surface area contributed by atoms with Crippen LogP contribution in [0.3, 0.4) is 0 Å². The zero-order chi connectivity index (χ0) is 12.8. The number of hydrogen-bond acceptors (Lipinski definition) is 2. The fourth-order valence-electron chi connectivity index (χ4n) is 1.53. The highest BCUT2D eigenvalue weighted by Gasteiger charge is 2.16. The van der Waals surface area contributed by atoms with E-state index in [9.17, 15) is 4.79 Å². The Morgan fingerprint density at radius 3 is 2.82 bits per heavy atom. The summed E-state index contributed by atoms with van der Waals surface area (Å²) < 4.78 is 0. The number of nitriles is 1. The summed E-state index contributed by atoms with van der Waals surface area (Å²) in [4.78, 5) is 13.8. The maximum Gasteiger partial charge on any atom is 0.253 e. The SMILES string of the molecule is CCN(CC(C)C#N)C(=O)c1cccc(Cl)c1. The van der Waals surface area contributed by atoms with E-state index in [4.69, 9.17) is 16.9 Å². The standard InChI is InChI=1S/C13H15ClN2O/c1-3-16(9-10(2)8-15)13(17)11-5-4-6-12(14)7-11/h4-7,10H,3,9H2,1-2H3. The van der Waals surface area contributed by atoms with Crippen molar-refractivity contribution in [2.75, 3.05) is 13.1 Å². The van der Waals surface area contributed by atoms with E-state index in [1.54, 1.807) is 36.1 Å². The van der Waals surface area contributed by atoms with Gasteiger partial charge in [-0.3, -0.25) is 4.79 Å². The molecule has 1 aromatic rings. The van der Waals surface area contributed by atoms with Gasteiger partial charge in [-0.05, 0) is 32.0 Å². The Morgan fingerprint density at radius 2 is 2.29 bits per heavy atom. The molecular formula is C13H15ClN2O. The zero-order valence-electron chi connectivity index (χ0n) is 9.98. The van der Waals surface area contributed by atoms with Crippen LogP contribution in [-0.2, 0) is 0 Å². The van der Waals surface area contributed by atoms with Crippen LogP contribution in [0.15, 0.2) is 24.3 Å². The molecule has 0 bridgehead atoms. The lowest BCUT2D eigenvalue weighted by Crippen LogP contribution is -2.34. The summed E-state index contributed by atoms with van der Waals surface area (Å²) in [6, 6.07) is 8.98. The highest BCUT2D eigenvalue weighted by atomic mass is 35.5. The molecule has 1 amide bonds. The average molecular weight is 251 g/mol. The first-order valence-corrected chi connectivity index (χ1v) is 5.90. The predicted molar refractivity (Wildman–Crippen MR) is 67.8 cm³/mol. The van der Waals surface area contributed by atoms with Gasteiger partial charge in [-0.15, -0.1) is 0 Å². The Bertz CT molecular complexity index is 439. The summed E-state index contributed by atoms with van der Waals surface area (Å²) in [6.07, 6.45) is 0. The van der Waals surface area contributed by atoms with Gasteiger partial charge in [0.05, 0.1) is 12.0 Å². The minimum Gasteiger partial charge on any atom is -0.338 e. The molecule has 0 aliphatic heterocycles. The van der Waals surface area contributed by atoms with Gasteiger partial charge in [-0.2, -0.15) is 5.26 Å². The molecule has 0 saturated heterocycles. The Balaban J connectivity index is 2.83. The first-order valence-electron chi connectivity index (χ1n) is 5.53. The molecule has 0 spiro atoms. The molecule has 1 aromatic carbocycles. The zero-order valence-corrected chi connectivity index (χ0v) is 10.7. The van der Waals surface area contributed by atoms with E-state index < -0.39 is 0 Å². The predicted octanol–water partition coefficient (Wildman–Crippen LogP) is 2.96. The summed E-state index contributed by atoms with van der Waals surface area (Å²) >= 11 is 5.85. The fraction of sp³-hybridized carbons (Fsp3) is 0.385. The molecule has 0 radical (unpaired) electrons. The van der Waals surface area contributed by atoms with Gasteiger partial charge in [0.1, 0.15) is 0 Å². The smallest absolute Gasteiger partial charge is 0.253 e. The van der Waals surface area contributed by atoms with Crippen LogP contribution >= 0.6 is 11.6 Å². The molecular weight excluding hydrogens is 236 g/mol. The van der Waals surface area contributed by atoms with Crippen LogP contribution in [0.1, 0.15) is 24.2 Å². The van der Waals surface area contributed by atoms with Crippen LogP contribution in [0.4, 0.5) is 0 Å². The topological polar surface area (TPSA) is 44.1 Å². The lowest BCUT2D eigenvalue weighted by Gasteiger charge is -2.22. The minimum atomic E-state index is -0.168. The molecule has 0 N–H and O–H groups in total. The lowest BCUT2D eigenvalue weighted by molar-refractivity contribution is 0.0752. The number of benzene rings is 1. The molecule has 4 heteroatoms. The quantitative estimate of drug-likeness (QED) is 0.825. The third-order valence-electron chi connectivity index (χ3n) is 2.46. The second-order valence-corrected chi connectivity index (χ2v) is 4.32. The van der Waals surface area contributed by atoms with Gasteiger partial charge < -0.3 is 4.90 Å². The van der Waals surface area contributed by atoms with Crippen molar-refractivity contribution in [1.82, 2.24) is 4.90 Å². The molecule has 1 atom stereocenters. The van der Waals surface area contributed by atoms with E-state index in [-0.39, 0.29) is 11.8 Å². The molecule has 0 aliphatic carbocycles.